The fourth-order valence-electron chi connectivity index (χ4n) is 8.41. The minimum absolute atomic E-state index is 0.441. The lowest BCUT2D eigenvalue weighted by molar-refractivity contribution is -0.735. The summed E-state index contributed by atoms with van der Waals surface area (Å²) in [6.07, 6.45) is 16.0. The summed E-state index contributed by atoms with van der Waals surface area (Å²) >= 11 is 6.22. The van der Waals surface area contributed by atoms with E-state index in [-0.39, 0.29) is 0 Å². The molecule has 1 aromatic rings. The quantitative estimate of drug-likeness (QED) is 0.615. The van der Waals surface area contributed by atoms with E-state index < -0.39 is 0 Å². The maximum atomic E-state index is 6.22. The van der Waals surface area contributed by atoms with Gasteiger partial charge < -0.3 is 5.32 Å². The molecule has 5 saturated carbocycles. The van der Waals surface area contributed by atoms with Crippen LogP contribution in [0.3, 0.4) is 0 Å². The van der Waals surface area contributed by atoms with Crippen molar-refractivity contribution in [2.24, 2.45) is 23.2 Å². The zero-order valence-corrected chi connectivity index (χ0v) is 18.7. The van der Waals surface area contributed by atoms with Crippen molar-refractivity contribution in [3.8, 4) is 0 Å². The van der Waals surface area contributed by atoms with Gasteiger partial charge in [0.25, 0.3) is 0 Å². The number of benzene rings is 1. The van der Waals surface area contributed by atoms with Gasteiger partial charge in [0.1, 0.15) is 0 Å². The maximum Gasteiger partial charge on any atom is 0.0890 e. The lowest BCUT2D eigenvalue weighted by atomic mass is 9.41. The second-order valence-electron chi connectivity index (χ2n) is 11.3. The number of rotatable bonds is 5. The number of hydrogen-bond acceptors (Lipinski definition) is 0. The van der Waals surface area contributed by atoms with E-state index in [0.29, 0.717) is 10.8 Å². The summed E-state index contributed by atoms with van der Waals surface area (Å²) in [4.78, 5) is 0. The Kier molecular flexibility index (Phi) is 5.07. The lowest BCUT2D eigenvalue weighted by Crippen LogP contribution is -2.97. The molecule has 2 unspecified atom stereocenters. The Hall–Kier alpha value is -0.530. The molecule has 0 saturated heterocycles. The van der Waals surface area contributed by atoms with Gasteiger partial charge in [0.05, 0.1) is 12.1 Å². The van der Waals surface area contributed by atoms with Crippen molar-refractivity contribution >= 4 is 11.6 Å². The SMILES string of the molecule is CCC1CCC([NH2+][C@@H](C)C23C[C@@H]4C[C@@H](CC(c5ccc(Cl)cc5)(C4)C2)C3)CC1. The molecule has 5 aliphatic carbocycles. The molecule has 2 heteroatoms. The van der Waals surface area contributed by atoms with E-state index >= 15 is 0 Å². The normalized spacial score (nSPS) is 43.2. The molecule has 0 spiro atoms. The van der Waals surface area contributed by atoms with E-state index in [2.05, 4.69) is 43.4 Å². The molecular formula is C26H39ClN+. The molecule has 1 nitrogen and oxygen atoms in total. The highest BCUT2D eigenvalue weighted by molar-refractivity contribution is 6.30. The van der Waals surface area contributed by atoms with Crippen molar-refractivity contribution in [2.75, 3.05) is 0 Å². The Morgan fingerprint density at radius 3 is 2.25 bits per heavy atom. The van der Waals surface area contributed by atoms with E-state index in [9.17, 15) is 0 Å². The van der Waals surface area contributed by atoms with E-state index in [1.165, 1.54) is 70.6 Å². The molecular weight excluding hydrogens is 362 g/mol. The zero-order chi connectivity index (χ0) is 19.4. The molecule has 6 rings (SSSR count). The van der Waals surface area contributed by atoms with Crippen molar-refractivity contribution in [1.82, 2.24) is 0 Å². The molecule has 2 N–H and O–H groups in total. The van der Waals surface area contributed by atoms with Crippen LogP contribution in [0, 0.1) is 23.2 Å². The maximum absolute atomic E-state index is 6.22. The van der Waals surface area contributed by atoms with Crippen LogP contribution in [0.2, 0.25) is 5.02 Å². The van der Waals surface area contributed by atoms with Crippen LogP contribution in [0.1, 0.15) is 90.0 Å². The first kappa shape index (κ1) is 19.4. The van der Waals surface area contributed by atoms with Crippen LogP contribution in [0.15, 0.2) is 24.3 Å². The Labute approximate surface area is 177 Å². The topological polar surface area (TPSA) is 16.6 Å². The van der Waals surface area contributed by atoms with E-state index in [1.54, 1.807) is 5.56 Å². The lowest BCUT2D eigenvalue weighted by Gasteiger charge is -2.63. The van der Waals surface area contributed by atoms with Gasteiger partial charge in [0.15, 0.2) is 0 Å². The average Bonchev–Trinajstić information content (AvgIpc) is 2.68. The summed E-state index contributed by atoms with van der Waals surface area (Å²) in [5, 5.41) is 3.72. The van der Waals surface area contributed by atoms with Crippen LogP contribution in [-0.4, -0.2) is 12.1 Å². The third kappa shape index (κ3) is 3.35. The molecule has 0 aliphatic heterocycles. The molecule has 5 fully saturated rings. The Morgan fingerprint density at radius 1 is 1.00 bits per heavy atom. The Bertz CT molecular complexity index is 673. The molecule has 5 atom stereocenters. The summed E-state index contributed by atoms with van der Waals surface area (Å²) in [7, 11) is 0. The molecule has 28 heavy (non-hydrogen) atoms. The van der Waals surface area contributed by atoms with E-state index in [0.717, 1.165) is 34.9 Å². The first-order chi connectivity index (χ1) is 13.5. The van der Waals surface area contributed by atoms with Crippen LogP contribution in [0.4, 0.5) is 0 Å². The molecule has 0 aromatic heterocycles. The molecule has 4 bridgehead atoms. The number of quaternary nitrogens is 1. The van der Waals surface area contributed by atoms with Crippen molar-refractivity contribution in [1.29, 1.82) is 0 Å². The zero-order valence-electron chi connectivity index (χ0n) is 17.9. The number of hydrogen-bond donors (Lipinski definition) is 1. The van der Waals surface area contributed by atoms with Crippen LogP contribution in [0.5, 0.6) is 0 Å². The van der Waals surface area contributed by atoms with Gasteiger partial charge in [-0.3, -0.25) is 0 Å². The number of nitrogens with two attached hydrogens (primary N) is 1. The summed E-state index contributed by atoms with van der Waals surface area (Å²) in [6, 6.07) is 10.6. The first-order valence-electron chi connectivity index (χ1n) is 12.1. The predicted octanol–water partition coefficient (Wildman–Crippen LogP) is 6.10. The van der Waals surface area contributed by atoms with E-state index in [4.69, 9.17) is 11.6 Å². The van der Waals surface area contributed by atoms with Crippen LogP contribution < -0.4 is 5.32 Å². The van der Waals surface area contributed by atoms with Gasteiger partial charge in [0.2, 0.25) is 0 Å². The largest absolute Gasteiger partial charge is 0.341 e. The minimum atomic E-state index is 0.441. The fourth-order valence-corrected chi connectivity index (χ4v) is 8.53. The standard InChI is InChI=1S/C26H38ClN/c1-3-19-4-10-24(11-5-19)28-18(2)25-13-20-12-21(14-25)16-26(15-20,17-25)22-6-8-23(27)9-7-22/h6-9,18-21,24,28H,3-5,10-17H2,1-2H3/p+1/t18-,19?,20-,21+,24?,25?,26?/m0/s1. The Morgan fingerprint density at radius 2 is 1.64 bits per heavy atom. The molecule has 5 aliphatic rings. The highest BCUT2D eigenvalue weighted by atomic mass is 35.5. The second-order valence-corrected chi connectivity index (χ2v) is 11.7. The molecule has 0 heterocycles. The highest BCUT2D eigenvalue weighted by Crippen LogP contribution is 2.66. The smallest absolute Gasteiger partial charge is 0.0890 e. The summed E-state index contributed by atoms with van der Waals surface area (Å²) in [6.45, 7) is 4.97. The van der Waals surface area contributed by atoms with Gasteiger partial charge in [-0.25, -0.2) is 0 Å². The van der Waals surface area contributed by atoms with Crippen LogP contribution in [0.25, 0.3) is 0 Å². The highest BCUT2D eigenvalue weighted by Gasteiger charge is 2.61. The first-order valence-corrected chi connectivity index (χ1v) is 12.5. The van der Waals surface area contributed by atoms with Crippen molar-refractivity contribution in [2.45, 2.75) is 102 Å². The van der Waals surface area contributed by atoms with Crippen LogP contribution >= 0.6 is 11.6 Å². The van der Waals surface area contributed by atoms with Gasteiger partial charge in [0, 0.05) is 10.4 Å². The second kappa shape index (κ2) is 7.31. The van der Waals surface area contributed by atoms with Crippen molar-refractivity contribution in [3.05, 3.63) is 34.9 Å². The molecule has 0 amide bonds. The Balaban J connectivity index is 1.35. The summed E-state index contributed by atoms with van der Waals surface area (Å²) < 4.78 is 0. The van der Waals surface area contributed by atoms with Crippen molar-refractivity contribution < 1.29 is 5.32 Å². The molecule has 154 valence electrons. The monoisotopic (exact) mass is 400 g/mol. The third-order valence-electron chi connectivity index (χ3n) is 9.56. The molecule has 1 aromatic carbocycles. The summed E-state index contributed by atoms with van der Waals surface area (Å²) in [5.41, 5.74) is 2.60. The third-order valence-corrected chi connectivity index (χ3v) is 9.81. The summed E-state index contributed by atoms with van der Waals surface area (Å²) in [5.74, 6) is 2.93. The van der Waals surface area contributed by atoms with Crippen LogP contribution in [-0.2, 0) is 5.41 Å². The van der Waals surface area contributed by atoms with Gasteiger partial charge >= 0.3 is 0 Å². The van der Waals surface area contributed by atoms with Gasteiger partial charge in [-0.15, -0.1) is 0 Å². The number of halogens is 1. The minimum Gasteiger partial charge on any atom is -0.341 e. The van der Waals surface area contributed by atoms with Gasteiger partial charge in [-0.1, -0.05) is 37.1 Å². The van der Waals surface area contributed by atoms with Gasteiger partial charge in [-0.2, -0.15) is 0 Å². The van der Waals surface area contributed by atoms with E-state index in [1.807, 2.05) is 0 Å². The molecule has 0 radical (unpaired) electrons. The predicted molar refractivity (Wildman–Crippen MR) is 118 cm³/mol. The van der Waals surface area contributed by atoms with Crippen molar-refractivity contribution in [3.63, 3.8) is 0 Å². The fraction of sp³-hybridized carbons (Fsp3) is 0.769. The average molecular weight is 401 g/mol. The van der Waals surface area contributed by atoms with Gasteiger partial charge in [-0.05, 0) is 112 Å².